The molecule has 0 saturated carbocycles. The lowest BCUT2D eigenvalue weighted by Crippen LogP contribution is -2.25. The van der Waals surface area contributed by atoms with Gasteiger partial charge in [0.2, 0.25) is 0 Å². The number of nitrogens with zero attached hydrogens (tertiary/aromatic N) is 2. The first-order valence-corrected chi connectivity index (χ1v) is 5.88. The topological polar surface area (TPSA) is 36.4 Å². The number of rotatable bonds is 2. The van der Waals surface area contributed by atoms with Crippen LogP contribution in [-0.2, 0) is 6.61 Å². The summed E-state index contributed by atoms with van der Waals surface area (Å²) in [6.45, 7) is 5.43. The average Bonchev–Trinajstić information content (AvgIpc) is 2.71. The molecule has 0 aliphatic carbocycles. The number of aromatic nitrogens is 1. The summed E-state index contributed by atoms with van der Waals surface area (Å²) in [7, 11) is 0. The van der Waals surface area contributed by atoms with E-state index in [4.69, 9.17) is 5.11 Å². The molecule has 1 saturated heterocycles. The van der Waals surface area contributed by atoms with Crippen LogP contribution in [0.25, 0.3) is 0 Å². The maximum absolute atomic E-state index is 9.09. The number of hydrogen-bond donors (Lipinski definition) is 1. The highest BCUT2D eigenvalue weighted by Crippen LogP contribution is 2.31. The second-order valence-corrected chi connectivity index (χ2v) is 4.91. The Morgan fingerprint density at radius 1 is 1.64 bits per heavy atom. The third-order valence-corrected chi connectivity index (χ3v) is 4.00. The maximum atomic E-state index is 9.09. The Morgan fingerprint density at radius 2 is 2.43 bits per heavy atom. The molecule has 2 heterocycles. The van der Waals surface area contributed by atoms with Crippen molar-refractivity contribution in [1.82, 2.24) is 4.98 Å². The lowest BCUT2D eigenvalue weighted by Gasteiger charge is -2.19. The SMILES string of the molecule is Cc1nc(N2CCCC2C)sc1CO. The van der Waals surface area contributed by atoms with Crippen LogP contribution in [-0.4, -0.2) is 22.7 Å². The lowest BCUT2D eigenvalue weighted by molar-refractivity contribution is 0.284. The van der Waals surface area contributed by atoms with E-state index >= 15 is 0 Å². The standard InChI is InChI=1S/C10H16N2OS/c1-7-4-3-5-12(7)10-11-8(2)9(6-13)14-10/h7,13H,3-6H2,1-2H3. The van der Waals surface area contributed by atoms with Gasteiger partial charge in [-0.05, 0) is 26.7 Å². The van der Waals surface area contributed by atoms with Gasteiger partial charge in [-0.25, -0.2) is 4.98 Å². The van der Waals surface area contributed by atoms with Crippen molar-refractivity contribution in [2.45, 2.75) is 39.3 Å². The third kappa shape index (κ3) is 1.64. The van der Waals surface area contributed by atoms with Crippen LogP contribution in [0.2, 0.25) is 0 Å². The fourth-order valence-corrected chi connectivity index (χ4v) is 2.95. The molecular weight excluding hydrogens is 196 g/mol. The zero-order chi connectivity index (χ0) is 10.1. The summed E-state index contributed by atoms with van der Waals surface area (Å²) in [4.78, 5) is 7.84. The van der Waals surface area contributed by atoms with Crippen LogP contribution < -0.4 is 4.90 Å². The van der Waals surface area contributed by atoms with E-state index in [0.29, 0.717) is 6.04 Å². The van der Waals surface area contributed by atoms with E-state index in [1.807, 2.05) is 6.92 Å². The molecule has 2 rings (SSSR count). The molecule has 14 heavy (non-hydrogen) atoms. The number of hydrogen-bond acceptors (Lipinski definition) is 4. The molecule has 1 aliphatic rings. The number of aliphatic hydroxyl groups is 1. The van der Waals surface area contributed by atoms with Crippen LogP contribution in [0.5, 0.6) is 0 Å². The molecule has 78 valence electrons. The fourth-order valence-electron chi connectivity index (χ4n) is 1.90. The summed E-state index contributed by atoms with van der Waals surface area (Å²) in [6.07, 6.45) is 2.52. The molecule has 0 radical (unpaired) electrons. The van der Waals surface area contributed by atoms with Crippen molar-refractivity contribution in [3.63, 3.8) is 0 Å². The first-order chi connectivity index (χ1) is 6.72. The van der Waals surface area contributed by atoms with E-state index in [1.165, 1.54) is 12.8 Å². The van der Waals surface area contributed by atoms with E-state index in [-0.39, 0.29) is 6.61 Å². The van der Waals surface area contributed by atoms with Crippen molar-refractivity contribution in [2.75, 3.05) is 11.4 Å². The fraction of sp³-hybridized carbons (Fsp3) is 0.700. The molecule has 1 aromatic rings. The first-order valence-electron chi connectivity index (χ1n) is 5.06. The summed E-state index contributed by atoms with van der Waals surface area (Å²) in [5.41, 5.74) is 0.978. The number of aliphatic hydroxyl groups excluding tert-OH is 1. The van der Waals surface area contributed by atoms with Gasteiger partial charge in [0, 0.05) is 12.6 Å². The van der Waals surface area contributed by atoms with Crippen molar-refractivity contribution in [1.29, 1.82) is 0 Å². The van der Waals surface area contributed by atoms with Gasteiger partial charge in [-0.15, -0.1) is 0 Å². The minimum Gasteiger partial charge on any atom is -0.391 e. The molecule has 1 aliphatic heterocycles. The molecule has 0 amide bonds. The van der Waals surface area contributed by atoms with E-state index in [2.05, 4.69) is 16.8 Å². The van der Waals surface area contributed by atoms with Gasteiger partial charge in [-0.2, -0.15) is 0 Å². The molecule has 3 nitrogen and oxygen atoms in total. The van der Waals surface area contributed by atoms with E-state index < -0.39 is 0 Å². The molecule has 1 unspecified atom stereocenters. The quantitative estimate of drug-likeness (QED) is 0.814. The Kier molecular flexibility index (Phi) is 2.74. The van der Waals surface area contributed by atoms with Crippen LogP contribution in [0, 0.1) is 6.92 Å². The molecule has 1 aromatic heterocycles. The van der Waals surface area contributed by atoms with Crippen LogP contribution >= 0.6 is 11.3 Å². The second-order valence-electron chi connectivity index (χ2n) is 3.85. The van der Waals surface area contributed by atoms with Gasteiger partial charge in [0.1, 0.15) is 0 Å². The number of aryl methyl sites for hydroxylation is 1. The minimum absolute atomic E-state index is 0.117. The predicted molar refractivity (Wildman–Crippen MR) is 58.8 cm³/mol. The molecular formula is C10H16N2OS. The summed E-state index contributed by atoms with van der Waals surface area (Å²) < 4.78 is 0. The lowest BCUT2D eigenvalue weighted by atomic mass is 10.2. The Labute approximate surface area is 88.4 Å². The van der Waals surface area contributed by atoms with E-state index in [0.717, 1.165) is 22.2 Å². The Hall–Kier alpha value is -0.610. The van der Waals surface area contributed by atoms with E-state index in [9.17, 15) is 0 Å². The normalized spacial score (nSPS) is 21.9. The van der Waals surface area contributed by atoms with Gasteiger partial charge in [0.25, 0.3) is 0 Å². The van der Waals surface area contributed by atoms with Crippen molar-refractivity contribution in [3.8, 4) is 0 Å². The van der Waals surface area contributed by atoms with Gasteiger partial charge in [0.15, 0.2) is 5.13 Å². The Balaban J connectivity index is 2.23. The smallest absolute Gasteiger partial charge is 0.186 e. The summed E-state index contributed by atoms with van der Waals surface area (Å²) >= 11 is 1.63. The van der Waals surface area contributed by atoms with Gasteiger partial charge in [-0.1, -0.05) is 11.3 Å². The monoisotopic (exact) mass is 212 g/mol. The van der Waals surface area contributed by atoms with Crippen molar-refractivity contribution in [3.05, 3.63) is 10.6 Å². The number of thiazole rings is 1. The maximum Gasteiger partial charge on any atom is 0.186 e. The molecule has 0 bridgehead atoms. The summed E-state index contributed by atoms with van der Waals surface area (Å²) in [5.74, 6) is 0. The van der Waals surface area contributed by atoms with Crippen LogP contribution in [0.1, 0.15) is 30.3 Å². The molecule has 0 spiro atoms. The highest BCUT2D eigenvalue weighted by molar-refractivity contribution is 7.15. The van der Waals surface area contributed by atoms with E-state index in [1.54, 1.807) is 11.3 Å². The van der Waals surface area contributed by atoms with Gasteiger partial charge in [-0.3, -0.25) is 0 Å². The molecule has 1 N–H and O–H groups in total. The minimum atomic E-state index is 0.117. The highest BCUT2D eigenvalue weighted by Gasteiger charge is 2.23. The highest BCUT2D eigenvalue weighted by atomic mass is 32.1. The zero-order valence-electron chi connectivity index (χ0n) is 8.66. The first kappa shape index (κ1) is 9.93. The van der Waals surface area contributed by atoms with Crippen molar-refractivity contribution < 1.29 is 5.11 Å². The van der Waals surface area contributed by atoms with Gasteiger partial charge < -0.3 is 10.0 Å². The number of anilines is 1. The Bertz CT molecular complexity index is 324. The largest absolute Gasteiger partial charge is 0.391 e. The average molecular weight is 212 g/mol. The van der Waals surface area contributed by atoms with Crippen LogP contribution in [0.3, 0.4) is 0 Å². The van der Waals surface area contributed by atoms with Crippen molar-refractivity contribution >= 4 is 16.5 Å². The van der Waals surface area contributed by atoms with Gasteiger partial charge >= 0.3 is 0 Å². The third-order valence-electron chi connectivity index (χ3n) is 2.82. The van der Waals surface area contributed by atoms with Crippen LogP contribution in [0.4, 0.5) is 5.13 Å². The molecule has 1 fully saturated rings. The zero-order valence-corrected chi connectivity index (χ0v) is 9.47. The summed E-state index contributed by atoms with van der Waals surface area (Å²) in [6, 6.07) is 0.604. The predicted octanol–water partition coefficient (Wildman–Crippen LogP) is 1.93. The van der Waals surface area contributed by atoms with Gasteiger partial charge in [0.05, 0.1) is 17.2 Å². The molecule has 1 atom stereocenters. The molecule has 0 aromatic carbocycles. The molecule has 4 heteroatoms. The summed E-state index contributed by atoms with van der Waals surface area (Å²) in [5, 5.41) is 10.2. The van der Waals surface area contributed by atoms with Crippen LogP contribution in [0.15, 0.2) is 0 Å². The van der Waals surface area contributed by atoms with Crippen molar-refractivity contribution in [2.24, 2.45) is 0 Å². The Morgan fingerprint density at radius 3 is 2.93 bits per heavy atom. The second kappa shape index (κ2) is 3.87.